The molecule has 0 amide bonds. The first-order chi connectivity index (χ1) is 10.1. The monoisotopic (exact) mass is 307 g/mol. The van der Waals surface area contributed by atoms with Crippen molar-refractivity contribution in [3.63, 3.8) is 0 Å². The van der Waals surface area contributed by atoms with Gasteiger partial charge in [0.05, 0.1) is 19.3 Å². The van der Waals surface area contributed by atoms with Crippen molar-refractivity contribution in [2.75, 3.05) is 13.7 Å². The fourth-order valence-electron chi connectivity index (χ4n) is 2.52. The molecule has 0 aliphatic carbocycles. The number of ether oxygens (including phenoxy) is 1. The summed E-state index contributed by atoms with van der Waals surface area (Å²) in [7, 11) is 3.61. The first-order valence-electron chi connectivity index (χ1n) is 7.13. The Labute approximate surface area is 131 Å². The number of benzene rings is 1. The van der Waals surface area contributed by atoms with E-state index < -0.39 is 0 Å². The molecular weight excluding hydrogens is 286 g/mol. The number of hydrogen-bond donors (Lipinski definition) is 1. The Morgan fingerprint density at radius 2 is 2.19 bits per heavy atom. The Hall–Kier alpha value is -1.52. The molecule has 0 aliphatic heterocycles. The molecule has 4 nitrogen and oxygen atoms in total. The Balaban J connectivity index is 2.49. The number of methoxy groups -OCH3 is 1. The van der Waals surface area contributed by atoms with Gasteiger partial charge in [-0.15, -0.1) is 0 Å². The maximum atomic E-state index is 6.08. The van der Waals surface area contributed by atoms with Crippen molar-refractivity contribution in [3.8, 4) is 5.75 Å². The van der Waals surface area contributed by atoms with Crippen LogP contribution < -0.4 is 10.1 Å². The highest BCUT2D eigenvalue weighted by atomic mass is 35.5. The van der Waals surface area contributed by atoms with Gasteiger partial charge in [0, 0.05) is 12.1 Å². The van der Waals surface area contributed by atoms with Crippen molar-refractivity contribution in [1.82, 2.24) is 15.1 Å². The van der Waals surface area contributed by atoms with E-state index in [1.165, 1.54) is 5.56 Å². The molecule has 0 aliphatic rings. The first kappa shape index (κ1) is 15.9. The summed E-state index contributed by atoms with van der Waals surface area (Å²) >= 11 is 6.08. The lowest BCUT2D eigenvalue weighted by Crippen LogP contribution is -2.26. The maximum Gasteiger partial charge on any atom is 0.161 e. The van der Waals surface area contributed by atoms with Gasteiger partial charge in [0.25, 0.3) is 0 Å². The second-order valence-electron chi connectivity index (χ2n) is 5.11. The van der Waals surface area contributed by atoms with Crippen LogP contribution in [0.25, 0.3) is 0 Å². The topological polar surface area (TPSA) is 39.1 Å². The fraction of sp³-hybridized carbons (Fsp3) is 0.438. The molecular formula is C16H22ClN3O. The van der Waals surface area contributed by atoms with Gasteiger partial charge in [-0.3, -0.25) is 4.68 Å². The molecule has 0 bridgehead atoms. The summed E-state index contributed by atoms with van der Waals surface area (Å²) in [6.45, 7) is 5.14. The van der Waals surface area contributed by atoms with Crippen LogP contribution in [0.2, 0.25) is 5.02 Å². The number of aromatic nitrogens is 2. The van der Waals surface area contributed by atoms with Crippen molar-refractivity contribution in [2.45, 2.75) is 26.3 Å². The van der Waals surface area contributed by atoms with Crippen LogP contribution in [0.1, 0.15) is 36.2 Å². The molecule has 0 saturated carbocycles. The Kier molecular flexibility index (Phi) is 5.26. The van der Waals surface area contributed by atoms with Gasteiger partial charge in [-0.2, -0.15) is 5.10 Å². The Morgan fingerprint density at radius 3 is 2.81 bits per heavy atom. The lowest BCUT2D eigenvalue weighted by molar-refractivity contribution is 0.400. The number of hydrogen-bond acceptors (Lipinski definition) is 3. The minimum absolute atomic E-state index is 0.0321. The largest absolute Gasteiger partial charge is 0.493 e. The Morgan fingerprint density at radius 1 is 1.43 bits per heavy atom. The standard InChI is InChI=1S/C16H22ClN3O/c1-5-8-18-15(13-7-6-12(17)9-11(13)2)16-14(21-4)10-19-20(16)3/h6-7,9-10,15,18H,5,8H2,1-4H3. The van der Waals surface area contributed by atoms with Crippen molar-refractivity contribution in [3.05, 3.63) is 46.2 Å². The van der Waals surface area contributed by atoms with Crippen LogP contribution >= 0.6 is 11.6 Å². The average molecular weight is 308 g/mol. The summed E-state index contributed by atoms with van der Waals surface area (Å²) in [5, 5.41) is 8.65. The molecule has 1 heterocycles. The summed E-state index contributed by atoms with van der Waals surface area (Å²) in [6.07, 6.45) is 2.81. The van der Waals surface area contributed by atoms with Gasteiger partial charge in [-0.1, -0.05) is 24.6 Å². The molecule has 2 rings (SSSR count). The molecule has 114 valence electrons. The molecule has 1 N–H and O–H groups in total. The summed E-state index contributed by atoms with van der Waals surface area (Å²) in [5.41, 5.74) is 3.37. The van der Waals surface area contributed by atoms with Gasteiger partial charge in [0.2, 0.25) is 0 Å². The van der Waals surface area contributed by atoms with E-state index in [0.717, 1.165) is 35.0 Å². The van der Waals surface area contributed by atoms with Gasteiger partial charge in [0.1, 0.15) is 5.69 Å². The van der Waals surface area contributed by atoms with Gasteiger partial charge >= 0.3 is 0 Å². The predicted molar refractivity (Wildman–Crippen MR) is 86.1 cm³/mol. The van der Waals surface area contributed by atoms with Gasteiger partial charge in [-0.25, -0.2) is 0 Å². The lowest BCUT2D eigenvalue weighted by Gasteiger charge is -2.22. The molecule has 0 fully saturated rings. The second kappa shape index (κ2) is 6.96. The molecule has 1 aromatic heterocycles. The van der Waals surface area contributed by atoms with Gasteiger partial charge in [0.15, 0.2) is 5.75 Å². The summed E-state index contributed by atoms with van der Waals surface area (Å²) in [5.74, 6) is 0.792. The highest BCUT2D eigenvalue weighted by Gasteiger charge is 2.23. The lowest BCUT2D eigenvalue weighted by atomic mass is 9.98. The molecule has 0 radical (unpaired) electrons. The van der Waals surface area contributed by atoms with E-state index in [0.29, 0.717) is 0 Å². The summed E-state index contributed by atoms with van der Waals surface area (Å²) in [6, 6.07) is 6.01. The predicted octanol–water partition coefficient (Wildman–Crippen LogP) is 3.48. The van der Waals surface area contributed by atoms with E-state index >= 15 is 0 Å². The number of halogens is 1. The van der Waals surface area contributed by atoms with Crippen LogP contribution in [0.3, 0.4) is 0 Å². The number of nitrogens with one attached hydrogen (secondary N) is 1. The second-order valence-corrected chi connectivity index (χ2v) is 5.55. The zero-order chi connectivity index (χ0) is 15.4. The minimum Gasteiger partial charge on any atom is -0.493 e. The molecule has 1 atom stereocenters. The van der Waals surface area contributed by atoms with Crippen LogP contribution in [-0.2, 0) is 7.05 Å². The Bertz CT molecular complexity index is 610. The van der Waals surface area contributed by atoms with Gasteiger partial charge in [-0.05, 0) is 43.1 Å². The molecule has 0 saturated heterocycles. The zero-order valence-corrected chi connectivity index (χ0v) is 13.7. The average Bonchev–Trinajstić information content (AvgIpc) is 2.82. The van der Waals surface area contributed by atoms with E-state index in [2.05, 4.69) is 30.3 Å². The quantitative estimate of drug-likeness (QED) is 0.888. The molecule has 2 aromatic rings. The summed E-state index contributed by atoms with van der Waals surface area (Å²) < 4.78 is 7.32. The van der Waals surface area contributed by atoms with Crippen LogP contribution in [-0.4, -0.2) is 23.4 Å². The third kappa shape index (κ3) is 3.39. The van der Waals surface area contributed by atoms with E-state index in [1.54, 1.807) is 13.3 Å². The summed E-state index contributed by atoms with van der Waals surface area (Å²) in [4.78, 5) is 0. The SMILES string of the molecule is CCCNC(c1ccc(Cl)cc1C)c1c(OC)cnn1C. The number of rotatable bonds is 6. The molecule has 0 spiro atoms. The highest BCUT2D eigenvalue weighted by molar-refractivity contribution is 6.30. The van der Waals surface area contributed by atoms with Crippen LogP contribution in [0, 0.1) is 6.92 Å². The third-order valence-corrected chi connectivity index (χ3v) is 3.82. The third-order valence-electron chi connectivity index (χ3n) is 3.58. The smallest absolute Gasteiger partial charge is 0.161 e. The van der Waals surface area contributed by atoms with E-state index in [4.69, 9.17) is 16.3 Å². The zero-order valence-electron chi connectivity index (χ0n) is 13.0. The van der Waals surface area contributed by atoms with E-state index in [1.807, 2.05) is 23.9 Å². The molecule has 5 heteroatoms. The number of nitrogens with zero attached hydrogens (tertiary/aromatic N) is 2. The first-order valence-corrected chi connectivity index (χ1v) is 7.51. The molecule has 21 heavy (non-hydrogen) atoms. The maximum absolute atomic E-state index is 6.08. The van der Waals surface area contributed by atoms with E-state index in [9.17, 15) is 0 Å². The van der Waals surface area contributed by atoms with Crippen molar-refractivity contribution in [1.29, 1.82) is 0 Å². The number of aryl methyl sites for hydroxylation is 2. The van der Waals surface area contributed by atoms with Crippen LogP contribution in [0.4, 0.5) is 0 Å². The van der Waals surface area contributed by atoms with Gasteiger partial charge < -0.3 is 10.1 Å². The fourth-order valence-corrected chi connectivity index (χ4v) is 2.75. The molecule has 1 unspecified atom stereocenters. The van der Waals surface area contributed by atoms with Crippen molar-refractivity contribution in [2.24, 2.45) is 7.05 Å². The van der Waals surface area contributed by atoms with Crippen molar-refractivity contribution < 1.29 is 4.74 Å². The highest BCUT2D eigenvalue weighted by Crippen LogP contribution is 2.32. The van der Waals surface area contributed by atoms with Crippen LogP contribution in [0.5, 0.6) is 5.75 Å². The van der Waals surface area contributed by atoms with Crippen LogP contribution in [0.15, 0.2) is 24.4 Å². The molecule has 1 aromatic carbocycles. The normalized spacial score (nSPS) is 12.4. The van der Waals surface area contributed by atoms with Crippen molar-refractivity contribution >= 4 is 11.6 Å². The minimum atomic E-state index is 0.0321. The van der Waals surface area contributed by atoms with E-state index in [-0.39, 0.29) is 6.04 Å².